The number of hydrogen-bond acceptors (Lipinski definition) is 4. The summed E-state index contributed by atoms with van der Waals surface area (Å²) in [6.07, 6.45) is 4.30. The van der Waals surface area contributed by atoms with Gasteiger partial charge in [0, 0.05) is 43.7 Å². The van der Waals surface area contributed by atoms with Gasteiger partial charge in [-0.2, -0.15) is 0 Å². The van der Waals surface area contributed by atoms with Crippen LogP contribution in [0, 0.1) is 5.41 Å². The van der Waals surface area contributed by atoms with E-state index in [-0.39, 0.29) is 23.5 Å². The molecule has 1 heterocycles. The lowest BCUT2D eigenvalue weighted by atomic mass is 9.64. The van der Waals surface area contributed by atoms with Gasteiger partial charge in [0.2, 0.25) is 0 Å². The Morgan fingerprint density at radius 3 is 2.84 bits per heavy atom. The highest BCUT2D eigenvalue weighted by Gasteiger charge is 2.49. The molecule has 5 nitrogen and oxygen atoms in total. The van der Waals surface area contributed by atoms with Crippen LogP contribution in [0.3, 0.4) is 0 Å². The first-order valence-electron chi connectivity index (χ1n) is 6.46. The van der Waals surface area contributed by atoms with E-state index in [9.17, 15) is 4.79 Å². The van der Waals surface area contributed by atoms with Crippen molar-refractivity contribution >= 4 is 11.6 Å². The minimum Gasteiger partial charge on any atom is -0.387 e. The van der Waals surface area contributed by atoms with Gasteiger partial charge in [0.15, 0.2) is 0 Å². The summed E-state index contributed by atoms with van der Waals surface area (Å²) < 4.78 is 5.39. The standard InChI is InChI=1S/C14H21N3O2/c1-14(2)11(7-12(14)19-4)17-13(18)9-8-16-6-5-10(9)15-3/h5-6,8,11-12H,7H2,1-4H3,(H,15,16)(H,17,18). The van der Waals surface area contributed by atoms with Crippen molar-refractivity contribution in [3.63, 3.8) is 0 Å². The van der Waals surface area contributed by atoms with Gasteiger partial charge in [-0.25, -0.2) is 0 Å². The van der Waals surface area contributed by atoms with Gasteiger partial charge >= 0.3 is 0 Å². The topological polar surface area (TPSA) is 63.2 Å². The van der Waals surface area contributed by atoms with Crippen molar-refractivity contribution in [2.75, 3.05) is 19.5 Å². The van der Waals surface area contributed by atoms with E-state index < -0.39 is 0 Å². The van der Waals surface area contributed by atoms with E-state index in [0.717, 1.165) is 12.1 Å². The molecule has 5 heteroatoms. The molecule has 0 aliphatic heterocycles. The van der Waals surface area contributed by atoms with Crippen molar-refractivity contribution in [2.24, 2.45) is 5.41 Å². The molecule has 1 aromatic rings. The van der Waals surface area contributed by atoms with E-state index in [2.05, 4.69) is 29.5 Å². The number of carbonyl (C=O) groups excluding carboxylic acids is 1. The highest BCUT2D eigenvalue weighted by atomic mass is 16.5. The molecule has 0 saturated heterocycles. The Kier molecular flexibility index (Phi) is 3.75. The van der Waals surface area contributed by atoms with E-state index in [1.165, 1.54) is 0 Å². The van der Waals surface area contributed by atoms with Crippen molar-refractivity contribution in [1.82, 2.24) is 10.3 Å². The number of nitrogens with one attached hydrogen (secondary N) is 2. The summed E-state index contributed by atoms with van der Waals surface area (Å²) in [6.45, 7) is 4.22. The molecule has 2 N–H and O–H groups in total. The van der Waals surface area contributed by atoms with Crippen LogP contribution in [0.25, 0.3) is 0 Å². The second kappa shape index (κ2) is 5.17. The van der Waals surface area contributed by atoms with Crippen LogP contribution in [0.1, 0.15) is 30.6 Å². The van der Waals surface area contributed by atoms with E-state index in [1.807, 2.05) is 0 Å². The average Bonchev–Trinajstić information content (AvgIpc) is 2.42. The molecule has 2 rings (SSSR count). The number of rotatable bonds is 4. The molecule has 104 valence electrons. The smallest absolute Gasteiger partial charge is 0.255 e. The number of anilines is 1. The number of methoxy groups -OCH3 is 1. The number of carbonyl (C=O) groups is 1. The maximum Gasteiger partial charge on any atom is 0.255 e. The van der Waals surface area contributed by atoms with Gasteiger partial charge in [-0.05, 0) is 12.5 Å². The van der Waals surface area contributed by atoms with Crippen molar-refractivity contribution in [3.05, 3.63) is 24.0 Å². The van der Waals surface area contributed by atoms with Crippen LogP contribution in [0.2, 0.25) is 0 Å². The molecule has 0 spiro atoms. The maximum atomic E-state index is 12.3. The summed E-state index contributed by atoms with van der Waals surface area (Å²) in [6, 6.07) is 1.92. The number of aromatic nitrogens is 1. The molecule has 0 aromatic carbocycles. The van der Waals surface area contributed by atoms with E-state index in [1.54, 1.807) is 32.6 Å². The fourth-order valence-electron chi connectivity index (χ4n) is 2.56. The summed E-state index contributed by atoms with van der Waals surface area (Å²) >= 11 is 0. The maximum absolute atomic E-state index is 12.3. The summed E-state index contributed by atoms with van der Waals surface area (Å²) in [5.41, 5.74) is 1.32. The van der Waals surface area contributed by atoms with Crippen LogP contribution >= 0.6 is 0 Å². The van der Waals surface area contributed by atoms with Crippen LogP contribution < -0.4 is 10.6 Å². The third-order valence-electron chi connectivity index (χ3n) is 4.10. The van der Waals surface area contributed by atoms with Gasteiger partial charge in [-0.15, -0.1) is 0 Å². The van der Waals surface area contributed by atoms with E-state index in [4.69, 9.17) is 4.74 Å². The molecule has 1 aliphatic carbocycles. The molecular weight excluding hydrogens is 242 g/mol. The molecule has 2 unspecified atom stereocenters. The van der Waals surface area contributed by atoms with Crippen LogP contribution in [-0.2, 0) is 4.74 Å². The molecule has 1 saturated carbocycles. The molecule has 0 bridgehead atoms. The molecule has 0 radical (unpaired) electrons. The van der Waals surface area contributed by atoms with Crippen LogP contribution in [0.4, 0.5) is 5.69 Å². The van der Waals surface area contributed by atoms with Crippen LogP contribution in [0.5, 0.6) is 0 Å². The zero-order valence-corrected chi connectivity index (χ0v) is 11.9. The highest BCUT2D eigenvalue weighted by molar-refractivity contribution is 5.99. The lowest BCUT2D eigenvalue weighted by Crippen LogP contribution is -2.61. The zero-order valence-electron chi connectivity index (χ0n) is 11.9. The van der Waals surface area contributed by atoms with Gasteiger partial charge in [-0.1, -0.05) is 13.8 Å². The molecule has 1 fully saturated rings. The Morgan fingerprint density at radius 2 is 2.26 bits per heavy atom. The molecular formula is C14H21N3O2. The number of amides is 1. The summed E-state index contributed by atoms with van der Waals surface area (Å²) in [5, 5.41) is 6.06. The Hall–Kier alpha value is -1.62. The third-order valence-corrected chi connectivity index (χ3v) is 4.10. The quantitative estimate of drug-likeness (QED) is 0.867. The first-order valence-corrected chi connectivity index (χ1v) is 6.46. The van der Waals surface area contributed by atoms with Gasteiger partial charge in [-0.3, -0.25) is 9.78 Å². The minimum atomic E-state index is -0.0925. The number of pyridine rings is 1. The summed E-state index contributed by atoms with van der Waals surface area (Å²) in [5.74, 6) is -0.0925. The SMILES string of the molecule is CNc1ccncc1C(=O)NC1CC(OC)C1(C)C. The molecule has 2 atom stereocenters. The number of hydrogen-bond donors (Lipinski definition) is 2. The third kappa shape index (κ3) is 2.42. The summed E-state index contributed by atoms with van der Waals surface area (Å²) in [7, 11) is 3.50. The lowest BCUT2D eigenvalue weighted by molar-refractivity contribution is -0.0942. The van der Waals surface area contributed by atoms with Crippen molar-refractivity contribution < 1.29 is 9.53 Å². The Morgan fingerprint density at radius 1 is 1.53 bits per heavy atom. The second-order valence-corrected chi connectivity index (χ2v) is 5.48. The van der Waals surface area contributed by atoms with Gasteiger partial charge in [0.25, 0.3) is 5.91 Å². The average molecular weight is 263 g/mol. The fraction of sp³-hybridized carbons (Fsp3) is 0.571. The molecule has 1 aliphatic rings. The Balaban J connectivity index is 2.07. The minimum absolute atomic E-state index is 0.0353. The fourth-order valence-corrected chi connectivity index (χ4v) is 2.56. The summed E-state index contributed by atoms with van der Waals surface area (Å²) in [4.78, 5) is 16.3. The predicted molar refractivity (Wildman–Crippen MR) is 74.2 cm³/mol. The number of nitrogens with zero attached hydrogens (tertiary/aromatic N) is 1. The first kappa shape index (κ1) is 13.8. The van der Waals surface area contributed by atoms with Gasteiger partial charge in [0.1, 0.15) is 0 Å². The molecule has 19 heavy (non-hydrogen) atoms. The van der Waals surface area contributed by atoms with Crippen molar-refractivity contribution in [3.8, 4) is 0 Å². The molecule has 1 aromatic heterocycles. The van der Waals surface area contributed by atoms with Crippen molar-refractivity contribution in [1.29, 1.82) is 0 Å². The number of ether oxygens (including phenoxy) is 1. The van der Waals surface area contributed by atoms with E-state index in [0.29, 0.717) is 5.56 Å². The van der Waals surface area contributed by atoms with Crippen molar-refractivity contribution in [2.45, 2.75) is 32.4 Å². The Labute approximate surface area is 113 Å². The lowest BCUT2D eigenvalue weighted by Gasteiger charge is -2.51. The largest absolute Gasteiger partial charge is 0.387 e. The molecule has 1 amide bonds. The van der Waals surface area contributed by atoms with Gasteiger partial charge in [0.05, 0.1) is 11.7 Å². The monoisotopic (exact) mass is 263 g/mol. The van der Waals surface area contributed by atoms with Gasteiger partial charge < -0.3 is 15.4 Å². The first-order chi connectivity index (χ1) is 9.00. The van der Waals surface area contributed by atoms with Crippen LogP contribution in [-0.4, -0.2) is 37.2 Å². The highest BCUT2D eigenvalue weighted by Crippen LogP contribution is 2.42. The second-order valence-electron chi connectivity index (χ2n) is 5.48. The van der Waals surface area contributed by atoms with E-state index >= 15 is 0 Å². The normalized spacial score (nSPS) is 24.4. The predicted octanol–water partition coefficient (Wildman–Crippen LogP) is 1.67. The van der Waals surface area contributed by atoms with Crippen LogP contribution in [0.15, 0.2) is 18.5 Å². The zero-order chi connectivity index (χ0) is 14.0. The Bertz CT molecular complexity index is 474.